The number of rotatable bonds is 2. The lowest BCUT2D eigenvalue weighted by molar-refractivity contribution is -0.136. The first kappa shape index (κ1) is 13.9. The third-order valence-corrected chi connectivity index (χ3v) is 3.21. The number of hydrogen-bond acceptors (Lipinski definition) is 1. The second-order valence-electron chi connectivity index (χ2n) is 5.09. The van der Waals surface area contributed by atoms with Crippen LogP contribution in [0.15, 0.2) is 24.4 Å². The number of alkyl halides is 3. The zero-order valence-corrected chi connectivity index (χ0v) is 11.0. The molecule has 1 N–H and O–H groups in total. The molecule has 2 nitrogen and oxygen atoms in total. The van der Waals surface area contributed by atoms with Crippen LogP contribution < -0.4 is 0 Å². The molecule has 0 atom stereocenters. The first-order valence-corrected chi connectivity index (χ1v) is 6.08. The molecule has 1 aromatic heterocycles. The van der Waals surface area contributed by atoms with E-state index in [4.69, 9.17) is 0 Å². The van der Waals surface area contributed by atoms with Gasteiger partial charge in [0.25, 0.3) is 0 Å². The molecule has 0 amide bonds. The molecule has 1 heterocycles. The van der Waals surface area contributed by atoms with Crippen molar-refractivity contribution in [2.45, 2.75) is 39.1 Å². The van der Waals surface area contributed by atoms with E-state index in [1.807, 2.05) is 6.92 Å². The smallest absolute Gasteiger partial charge is 0.386 e. The lowest BCUT2D eigenvalue weighted by atomic mass is 9.95. The second-order valence-corrected chi connectivity index (χ2v) is 5.09. The fourth-order valence-corrected chi connectivity index (χ4v) is 2.31. The maximum atomic E-state index is 13.1. The number of benzene rings is 1. The van der Waals surface area contributed by atoms with Crippen molar-refractivity contribution in [3.05, 3.63) is 35.5 Å². The number of hydrogen-bond donors (Lipinski definition) is 1. The van der Waals surface area contributed by atoms with E-state index in [1.165, 1.54) is 19.9 Å². The molecule has 0 aliphatic heterocycles. The molecular formula is C14H16F3NO. The third kappa shape index (κ3) is 2.34. The molecule has 104 valence electrons. The van der Waals surface area contributed by atoms with Gasteiger partial charge < -0.3 is 9.67 Å². The zero-order chi connectivity index (χ0) is 14.4. The molecule has 1 aromatic carbocycles. The van der Waals surface area contributed by atoms with Crippen molar-refractivity contribution in [3.63, 3.8) is 0 Å². The first-order valence-electron chi connectivity index (χ1n) is 6.08. The van der Waals surface area contributed by atoms with Gasteiger partial charge in [-0.15, -0.1) is 0 Å². The fourth-order valence-electron chi connectivity index (χ4n) is 2.31. The summed E-state index contributed by atoms with van der Waals surface area (Å²) in [6, 6.07) is 4.09. The summed E-state index contributed by atoms with van der Waals surface area (Å²) >= 11 is 0. The van der Waals surface area contributed by atoms with E-state index in [0.29, 0.717) is 17.6 Å². The molecule has 19 heavy (non-hydrogen) atoms. The van der Waals surface area contributed by atoms with E-state index >= 15 is 0 Å². The topological polar surface area (TPSA) is 25.2 Å². The standard InChI is InChI=1S/C14H16F3NO/c1-4-18-8-10(13(2,3)19)12-9(14(15,16)17)6-5-7-11(12)18/h5-8,19H,4H2,1-3H3. The Kier molecular flexibility index (Phi) is 3.13. The lowest BCUT2D eigenvalue weighted by Gasteiger charge is -2.18. The van der Waals surface area contributed by atoms with Crippen molar-refractivity contribution in [3.8, 4) is 0 Å². The summed E-state index contributed by atoms with van der Waals surface area (Å²) in [6.45, 7) is 5.39. The Morgan fingerprint density at radius 1 is 1.16 bits per heavy atom. The van der Waals surface area contributed by atoms with Crippen LogP contribution >= 0.6 is 0 Å². The molecule has 0 bridgehead atoms. The minimum atomic E-state index is -4.43. The van der Waals surface area contributed by atoms with Crippen molar-refractivity contribution in [1.29, 1.82) is 0 Å². The van der Waals surface area contributed by atoms with Crippen molar-refractivity contribution in [2.24, 2.45) is 0 Å². The highest BCUT2D eigenvalue weighted by atomic mass is 19.4. The minimum Gasteiger partial charge on any atom is -0.386 e. The van der Waals surface area contributed by atoms with E-state index in [-0.39, 0.29) is 5.39 Å². The van der Waals surface area contributed by atoms with Crippen LogP contribution in [0.5, 0.6) is 0 Å². The number of aryl methyl sites for hydroxylation is 1. The lowest BCUT2D eigenvalue weighted by Crippen LogP contribution is -2.16. The van der Waals surface area contributed by atoms with Crippen LogP contribution in [-0.4, -0.2) is 9.67 Å². The molecule has 0 aliphatic carbocycles. The Morgan fingerprint density at radius 3 is 2.26 bits per heavy atom. The van der Waals surface area contributed by atoms with Gasteiger partial charge in [-0.25, -0.2) is 0 Å². The Balaban J connectivity index is 2.90. The Morgan fingerprint density at radius 2 is 1.79 bits per heavy atom. The molecule has 0 spiro atoms. The maximum absolute atomic E-state index is 13.1. The highest BCUT2D eigenvalue weighted by Gasteiger charge is 2.36. The summed E-state index contributed by atoms with van der Waals surface area (Å²) < 4.78 is 41.0. The molecule has 0 aliphatic rings. The molecule has 5 heteroatoms. The molecule has 0 saturated heterocycles. The molecule has 2 aromatic rings. The zero-order valence-electron chi connectivity index (χ0n) is 11.0. The summed E-state index contributed by atoms with van der Waals surface area (Å²) in [5, 5.41) is 10.2. The van der Waals surface area contributed by atoms with E-state index in [2.05, 4.69) is 0 Å². The van der Waals surface area contributed by atoms with Crippen LogP contribution in [0.3, 0.4) is 0 Å². The van der Waals surface area contributed by atoms with E-state index in [1.54, 1.807) is 16.8 Å². The first-order chi connectivity index (χ1) is 8.66. The average Bonchev–Trinajstić information content (AvgIpc) is 2.65. The fraction of sp³-hybridized carbons (Fsp3) is 0.429. The number of fused-ring (bicyclic) bond motifs is 1. The average molecular weight is 271 g/mol. The van der Waals surface area contributed by atoms with E-state index in [9.17, 15) is 18.3 Å². The van der Waals surface area contributed by atoms with Crippen molar-refractivity contribution < 1.29 is 18.3 Å². The van der Waals surface area contributed by atoms with Gasteiger partial charge in [-0.05, 0) is 32.9 Å². The third-order valence-electron chi connectivity index (χ3n) is 3.21. The number of nitrogens with zero attached hydrogens (tertiary/aromatic N) is 1. The Labute approximate surface area is 109 Å². The van der Waals surface area contributed by atoms with Gasteiger partial charge >= 0.3 is 6.18 Å². The molecule has 0 radical (unpaired) electrons. The van der Waals surface area contributed by atoms with Crippen LogP contribution in [0.1, 0.15) is 31.9 Å². The number of aromatic nitrogens is 1. The minimum absolute atomic E-state index is 0.0874. The van der Waals surface area contributed by atoms with Gasteiger partial charge in [-0.2, -0.15) is 13.2 Å². The second kappa shape index (κ2) is 4.27. The summed E-state index contributed by atoms with van der Waals surface area (Å²) in [7, 11) is 0. The van der Waals surface area contributed by atoms with Gasteiger partial charge in [0, 0.05) is 29.2 Å². The molecule has 0 fully saturated rings. The van der Waals surface area contributed by atoms with Crippen LogP contribution in [0.4, 0.5) is 13.2 Å². The van der Waals surface area contributed by atoms with E-state index in [0.717, 1.165) is 6.07 Å². The van der Waals surface area contributed by atoms with Crippen LogP contribution in [-0.2, 0) is 18.3 Å². The monoisotopic (exact) mass is 271 g/mol. The van der Waals surface area contributed by atoms with Gasteiger partial charge in [-0.1, -0.05) is 6.07 Å². The largest absolute Gasteiger partial charge is 0.417 e. The normalized spacial score (nSPS) is 13.2. The maximum Gasteiger partial charge on any atom is 0.417 e. The number of aliphatic hydroxyl groups is 1. The highest BCUT2D eigenvalue weighted by Crippen LogP contribution is 2.40. The van der Waals surface area contributed by atoms with Crippen LogP contribution in [0, 0.1) is 0 Å². The molecule has 2 rings (SSSR count). The summed E-state index contributed by atoms with van der Waals surface area (Å²) in [5.74, 6) is 0. The quantitative estimate of drug-likeness (QED) is 0.880. The van der Waals surface area contributed by atoms with Crippen LogP contribution in [0.2, 0.25) is 0 Å². The van der Waals surface area contributed by atoms with Crippen molar-refractivity contribution >= 4 is 10.9 Å². The Hall–Kier alpha value is -1.49. The predicted octanol–water partition coefficient (Wildman–Crippen LogP) is 3.91. The van der Waals surface area contributed by atoms with Gasteiger partial charge in [-0.3, -0.25) is 0 Å². The summed E-state index contributed by atoms with van der Waals surface area (Å²) in [5.41, 5.74) is -1.22. The van der Waals surface area contributed by atoms with Crippen molar-refractivity contribution in [1.82, 2.24) is 4.57 Å². The van der Waals surface area contributed by atoms with Gasteiger partial charge in [0.15, 0.2) is 0 Å². The summed E-state index contributed by atoms with van der Waals surface area (Å²) in [4.78, 5) is 0. The number of halogens is 3. The van der Waals surface area contributed by atoms with E-state index < -0.39 is 17.3 Å². The molecule has 0 saturated carbocycles. The predicted molar refractivity (Wildman–Crippen MR) is 67.9 cm³/mol. The molecule has 0 unspecified atom stereocenters. The SMILES string of the molecule is CCn1cc(C(C)(C)O)c2c(C(F)(F)F)cccc21. The summed E-state index contributed by atoms with van der Waals surface area (Å²) in [6.07, 6.45) is -2.83. The van der Waals surface area contributed by atoms with Gasteiger partial charge in [0.2, 0.25) is 0 Å². The highest BCUT2D eigenvalue weighted by molar-refractivity contribution is 5.88. The molecular weight excluding hydrogens is 255 g/mol. The Bertz CT molecular complexity index is 605. The van der Waals surface area contributed by atoms with Gasteiger partial charge in [0.05, 0.1) is 11.2 Å². The van der Waals surface area contributed by atoms with Gasteiger partial charge in [0.1, 0.15) is 0 Å². The van der Waals surface area contributed by atoms with Crippen LogP contribution in [0.25, 0.3) is 10.9 Å². The van der Waals surface area contributed by atoms with Crippen molar-refractivity contribution in [2.75, 3.05) is 0 Å².